The number of aromatic amines is 1. The first-order valence-corrected chi connectivity index (χ1v) is 7.59. The number of H-pyrrole nitrogens is 1. The first-order chi connectivity index (χ1) is 10.0. The first kappa shape index (κ1) is 13.5. The van der Waals surface area contributed by atoms with Crippen molar-refractivity contribution in [2.45, 2.75) is 4.90 Å². The van der Waals surface area contributed by atoms with Crippen LogP contribution in [0.3, 0.4) is 0 Å². The summed E-state index contributed by atoms with van der Waals surface area (Å²) in [6.07, 6.45) is 4.75. The minimum atomic E-state index is -3.56. The molecule has 2 heterocycles. The summed E-state index contributed by atoms with van der Waals surface area (Å²) in [4.78, 5) is 18.9. The predicted octanol–water partition coefficient (Wildman–Crippen LogP) is 0.810. The van der Waals surface area contributed by atoms with Crippen LogP contribution in [0.1, 0.15) is 11.3 Å². The topological polar surface area (TPSA) is 104 Å². The van der Waals surface area contributed by atoms with Crippen molar-refractivity contribution in [3.63, 3.8) is 0 Å². The second-order valence-electron chi connectivity index (χ2n) is 4.42. The maximum atomic E-state index is 12.0. The number of nitrogens with one attached hydrogen (secondary N) is 3. The minimum Gasteiger partial charge on any atom is -0.351 e. The molecule has 0 atom stereocenters. The molecule has 7 nitrogen and oxygen atoms in total. The molecule has 1 aromatic carbocycles. The van der Waals surface area contributed by atoms with Crippen LogP contribution < -0.4 is 10.0 Å². The summed E-state index contributed by atoms with van der Waals surface area (Å²) in [5, 5.41) is 2.70. The van der Waals surface area contributed by atoms with Crippen LogP contribution in [0.5, 0.6) is 0 Å². The van der Waals surface area contributed by atoms with Gasteiger partial charge in [-0.3, -0.25) is 4.79 Å². The number of carbonyl (C=O) groups is 1. The first-order valence-electron chi connectivity index (χ1n) is 6.11. The van der Waals surface area contributed by atoms with Crippen molar-refractivity contribution < 1.29 is 13.2 Å². The van der Waals surface area contributed by atoms with Gasteiger partial charge in [0.1, 0.15) is 0 Å². The average molecular weight is 304 g/mol. The Kier molecular flexibility index (Phi) is 3.11. The summed E-state index contributed by atoms with van der Waals surface area (Å²) in [6.45, 7) is 0. The molecule has 1 aliphatic rings. The lowest BCUT2D eigenvalue weighted by molar-refractivity contribution is -0.110. The Morgan fingerprint density at radius 3 is 2.81 bits per heavy atom. The van der Waals surface area contributed by atoms with Gasteiger partial charge in [0.25, 0.3) is 5.91 Å². The number of hydrogen-bond donors (Lipinski definition) is 3. The fourth-order valence-corrected chi connectivity index (χ4v) is 2.85. The molecule has 2 aromatic rings. The Bertz CT molecular complexity index is 838. The van der Waals surface area contributed by atoms with E-state index in [4.69, 9.17) is 0 Å². The van der Waals surface area contributed by atoms with E-state index in [9.17, 15) is 13.2 Å². The highest BCUT2D eigenvalue weighted by atomic mass is 32.2. The molecule has 0 saturated carbocycles. The van der Waals surface area contributed by atoms with Gasteiger partial charge in [0.05, 0.1) is 22.5 Å². The lowest BCUT2D eigenvalue weighted by Crippen LogP contribution is -2.18. The summed E-state index contributed by atoms with van der Waals surface area (Å²) in [5.41, 5.74) is 2.09. The maximum Gasteiger partial charge on any atom is 0.256 e. The molecule has 21 heavy (non-hydrogen) atoms. The molecular weight excluding hydrogens is 292 g/mol. The van der Waals surface area contributed by atoms with Gasteiger partial charge in [-0.05, 0) is 31.3 Å². The van der Waals surface area contributed by atoms with Gasteiger partial charge >= 0.3 is 0 Å². The van der Waals surface area contributed by atoms with Crippen molar-refractivity contribution in [3.8, 4) is 0 Å². The van der Waals surface area contributed by atoms with Crippen LogP contribution >= 0.6 is 0 Å². The van der Waals surface area contributed by atoms with E-state index in [0.29, 0.717) is 22.5 Å². The molecule has 0 fully saturated rings. The smallest absolute Gasteiger partial charge is 0.256 e. The van der Waals surface area contributed by atoms with Crippen molar-refractivity contribution in [2.75, 3.05) is 12.4 Å². The number of hydrogen-bond acceptors (Lipinski definition) is 4. The van der Waals surface area contributed by atoms with Gasteiger partial charge < -0.3 is 10.3 Å². The molecule has 0 spiro atoms. The molecule has 0 unspecified atom stereocenters. The number of sulfonamides is 1. The maximum absolute atomic E-state index is 12.0. The zero-order valence-electron chi connectivity index (χ0n) is 11.0. The Morgan fingerprint density at radius 1 is 1.33 bits per heavy atom. The molecule has 0 saturated heterocycles. The van der Waals surface area contributed by atoms with Crippen LogP contribution in [0.4, 0.5) is 5.69 Å². The number of benzene rings is 1. The number of amides is 1. The second-order valence-corrected chi connectivity index (χ2v) is 6.31. The molecule has 108 valence electrons. The number of fused-ring (bicyclic) bond motifs is 1. The number of nitrogens with zero attached hydrogens (tertiary/aromatic N) is 1. The van der Waals surface area contributed by atoms with Gasteiger partial charge in [-0.15, -0.1) is 0 Å². The summed E-state index contributed by atoms with van der Waals surface area (Å²) < 4.78 is 26.0. The lowest BCUT2D eigenvalue weighted by atomic mass is 10.1. The van der Waals surface area contributed by atoms with E-state index in [1.807, 2.05) is 0 Å². The fourth-order valence-electron chi connectivity index (χ4n) is 2.09. The molecule has 3 N–H and O–H groups in total. The molecular formula is C13H12N4O3S. The average Bonchev–Trinajstić information content (AvgIpc) is 3.08. The van der Waals surface area contributed by atoms with E-state index in [1.54, 1.807) is 18.3 Å². The predicted molar refractivity (Wildman–Crippen MR) is 77.8 cm³/mol. The van der Waals surface area contributed by atoms with Crippen LogP contribution in [0, 0.1) is 0 Å². The van der Waals surface area contributed by atoms with Gasteiger partial charge in [0.15, 0.2) is 0 Å². The largest absolute Gasteiger partial charge is 0.351 e. The van der Waals surface area contributed by atoms with Crippen LogP contribution in [-0.4, -0.2) is 31.3 Å². The summed E-state index contributed by atoms with van der Waals surface area (Å²) >= 11 is 0. The summed E-state index contributed by atoms with van der Waals surface area (Å²) in [6, 6.07) is 4.49. The molecule has 1 aromatic heterocycles. The zero-order chi connectivity index (χ0) is 15.0. The third kappa shape index (κ3) is 2.34. The lowest BCUT2D eigenvalue weighted by Gasteiger charge is -2.04. The highest BCUT2D eigenvalue weighted by Crippen LogP contribution is 2.34. The number of aromatic nitrogens is 2. The molecule has 8 heteroatoms. The van der Waals surface area contributed by atoms with Crippen molar-refractivity contribution in [2.24, 2.45) is 0 Å². The van der Waals surface area contributed by atoms with Gasteiger partial charge in [-0.2, -0.15) is 0 Å². The Hall–Kier alpha value is -2.45. The van der Waals surface area contributed by atoms with Crippen LogP contribution in [0.15, 0.2) is 35.6 Å². The van der Waals surface area contributed by atoms with Crippen molar-refractivity contribution >= 4 is 33.3 Å². The van der Waals surface area contributed by atoms with Gasteiger partial charge in [0, 0.05) is 17.4 Å². The second kappa shape index (κ2) is 4.83. The SMILES string of the molecule is CNS(=O)(=O)c1ccc2c(c1)C(=Cc1c[nH]cn1)C(=O)N2. The Balaban J connectivity index is 2.13. The van der Waals surface area contributed by atoms with Crippen LogP contribution in [0.2, 0.25) is 0 Å². The molecule has 0 bridgehead atoms. The third-order valence-electron chi connectivity index (χ3n) is 3.16. The molecule has 0 aliphatic carbocycles. The van der Waals surface area contributed by atoms with Gasteiger partial charge in [-0.25, -0.2) is 18.1 Å². The van der Waals surface area contributed by atoms with E-state index in [0.717, 1.165) is 0 Å². The van der Waals surface area contributed by atoms with Crippen LogP contribution in [0.25, 0.3) is 11.6 Å². The number of imidazole rings is 1. The monoisotopic (exact) mass is 304 g/mol. The highest BCUT2D eigenvalue weighted by Gasteiger charge is 2.26. The van der Waals surface area contributed by atoms with E-state index in [-0.39, 0.29) is 10.8 Å². The summed E-state index contributed by atoms with van der Waals surface area (Å²) in [7, 11) is -2.22. The number of carbonyl (C=O) groups excluding carboxylic acids is 1. The van der Waals surface area contributed by atoms with Crippen molar-refractivity contribution in [1.29, 1.82) is 0 Å². The van der Waals surface area contributed by atoms with Crippen molar-refractivity contribution in [3.05, 3.63) is 42.0 Å². The minimum absolute atomic E-state index is 0.105. The summed E-state index contributed by atoms with van der Waals surface area (Å²) in [5.74, 6) is -0.285. The van der Waals surface area contributed by atoms with Crippen molar-refractivity contribution in [1.82, 2.24) is 14.7 Å². The molecule has 1 aliphatic heterocycles. The van der Waals surface area contributed by atoms with E-state index in [1.165, 1.54) is 25.5 Å². The van der Waals surface area contributed by atoms with Gasteiger partial charge in [-0.1, -0.05) is 0 Å². The molecule has 0 radical (unpaired) electrons. The fraction of sp³-hybridized carbons (Fsp3) is 0.0769. The van der Waals surface area contributed by atoms with Gasteiger partial charge in [0.2, 0.25) is 10.0 Å². The molecule has 1 amide bonds. The Morgan fingerprint density at radius 2 is 2.14 bits per heavy atom. The van der Waals surface area contributed by atoms with Crippen LogP contribution in [-0.2, 0) is 14.8 Å². The third-order valence-corrected chi connectivity index (χ3v) is 4.58. The normalized spacial score (nSPS) is 16.0. The highest BCUT2D eigenvalue weighted by molar-refractivity contribution is 7.89. The zero-order valence-corrected chi connectivity index (χ0v) is 11.9. The number of anilines is 1. The number of rotatable bonds is 3. The van der Waals surface area contributed by atoms with E-state index < -0.39 is 10.0 Å². The van der Waals surface area contributed by atoms with E-state index >= 15 is 0 Å². The standard InChI is InChI=1S/C13H12N4O3S/c1-14-21(19,20)9-2-3-12-10(5-9)11(13(18)17-12)4-8-6-15-7-16-8/h2-7,14H,1H3,(H,15,16)(H,17,18). The van der Waals surface area contributed by atoms with E-state index in [2.05, 4.69) is 20.0 Å². The molecule has 3 rings (SSSR count). The quantitative estimate of drug-likeness (QED) is 0.730. The Labute approximate surface area is 121 Å².